The van der Waals surface area contributed by atoms with Gasteiger partial charge in [-0.25, -0.2) is 4.79 Å². The molecule has 0 bridgehead atoms. The summed E-state index contributed by atoms with van der Waals surface area (Å²) in [6.07, 6.45) is 8.51. The minimum absolute atomic E-state index is 0.314. The number of aliphatic hydroxyl groups is 1. The van der Waals surface area contributed by atoms with Gasteiger partial charge in [0.15, 0.2) is 8.32 Å². The molecule has 4 nitrogen and oxygen atoms in total. The first-order valence-corrected chi connectivity index (χ1v) is 20.7. The van der Waals surface area contributed by atoms with E-state index in [9.17, 15) is 9.90 Å². The molecule has 0 spiro atoms. The van der Waals surface area contributed by atoms with Crippen LogP contribution in [0.4, 0.5) is 0 Å². The third-order valence-electron chi connectivity index (χ3n) is 6.61. The average molecular weight is 541 g/mol. The molecular weight excluding hydrogens is 497 g/mol. The van der Waals surface area contributed by atoms with Gasteiger partial charge in [-0.3, -0.25) is 0 Å². The fraction of sp³-hybridized carbons (Fsp3) is 0.731. The van der Waals surface area contributed by atoms with Gasteiger partial charge in [-0.2, -0.15) is 0 Å². The highest BCUT2D eigenvalue weighted by atomic mass is 32.2. The zero-order valence-corrected chi connectivity index (χ0v) is 25.7. The first-order valence-electron chi connectivity index (χ1n) is 12.7. The highest BCUT2D eigenvalue weighted by Crippen LogP contribution is 2.47. The molecule has 0 radical (unpaired) electrons. The van der Waals surface area contributed by atoms with Gasteiger partial charge >= 0.3 is 5.97 Å². The summed E-state index contributed by atoms with van der Waals surface area (Å²) in [6, 6.07) is 3.00. The second-order valence-electron chi connectivity index (χ2n) is 10.5. The molecule has 192 valence electrons. The van der Waals surface area contributed by atoms with Crippen LogP contribution in [0.25, 0.3) is 0 Å². The third kappa shape index (κ3) is 8.60. The lowest BCUT2D eigenvalue weighted by Gasteiger charge is -2.44. The van der Waals surface area contributed by atoms with Gasteiger partial charge in [-0.05, 0) is 49.1 Å². The number of carbonyl (C=O) groups is 1. The molecule has 0 amide bonds. The number of cyclic esters (lactones) is 1. The van der Waals surface area contributed by atoms with E-state index in [1.54, 1.807) is 0 Å². The van der Waals surface area contributed by atoms with E-state index < -0.39 is 28.1 Å². The number of hydrogen-bond acceptors (Lipinski definition) is 6. The Bertz CT molecular complexity index is 794. The maximum absolute atomic E-state index is 11.8. The van der Waals surface area contributed by atoms with Crippen LogP contribution in [-0.4, -0.2) is 60.9 Å². The standard InChI is InChI=1S/C26H44O4S2Si2/c1-8-34(9-2,10-3)30-25(4,16-15-22-13-11-14-24(28)29-22)23(27)21-26(17-20-33(5,6)7)31-18-12-19-32-26/h11,14-16,22-23,27H,8-10,12-13,18-19,21H2,1-7H3/t22-,23-,25-/m1/s1. The first kappa shape index (κ1) is 29.8. The van der Waals surface area contributed by atoms with Crippen LogP contribution in [0.3, 0.4) is 0 Å². The zero-order chi connectivity index (χ0) is 25.5. The predicted molar refractivity (Wildman–Crippen MR) is 153 cm³/mol. The van der Waals surface area contributed by atoms with Crippen LogP contribution in [0.5, 0.6) is 0 Å². The van der Waals surface area contributed by atoms with Gasteiger partial charge in [-0.1, -0.05) is 58.5 Å². The summed E-state index contributed by atoms with van der Waals surface area (Å²) < 4.78 is 12.1. The molecule has 34 heavy (non-hydrogen) atoms. The minimum atomic E-state index is -2.03. The van der Waals surface area contributed by atoms with Crippen LogP contribution in [-0.2, 0) is 14.0 Å². The molecule has 0 aromatic heterocycles. The van der Waals surface area contributed by atoms with Crippen molar-refractivity contribution >= 4 is 45.9 Å². The summed E-state index contributed by atoms with van der Waals surface area (Å²) in [4.78, 5) is 11.7. The zero-order valence-electron chi connectivity index (χ0n) is 22.1. The van der Waals surface area contributed by atoms with Crippen molar-refractivity contribution in [3.05, 3.63) is 24.3 Å². The molecule has 2 rings (SSSR count). The Kier molecular flexibility index (Phi) is 11.1. The van der Waals surface area contributed by atoms with Crippen molar-refractivity contribution in [2.24, 2.45) is 0 Å². The summed E-state index contributed by atoms with van der Waals surface area (Å²) in [7, 11) is -3.58. The summed E-state index contributed by atoms with van der Waals surface area (Å²) in [6.45, 7) is 15.4. The van der Waals surface area contributed by atoms with Crippen LogP contribution < -0.4 is 0 Å². The molecule has 2 aliphatic rings. The number of thioether (sulfide) groups is 2. The smallest absolute Gasteiger partial charge is 0.331 e. The lowest BCUT2D eigenvalue weighted by Crippen LogP contribution is -2.52. The molecule has 2 heterocycles. The van der Waals surface area contributed by atoms with E-state index in [1.165, 1.54) is 12.5 Å². The normalized spacial score (nSPS) is 23.6. The van der Waals surface area contributed by atoms with E-state index in [0.717, 1.165) is 29.6 Å². The van der Waals surface area contributed by atoms with Gasteiger partial charge in [0.1, 0.15) is 18.3 Å². The van der Waals surface area contributed by atoms with Crippen LogP contribution in [0, 0.1) is 11.5 Å². The Morgan fingerprint density at radius 1 is 1.26 bits per heavy atom. The highest BCUT2D eigenvalue weighted by Gasteiger charge is 2.45. The van der Waals surface area contributed by atoms with Crippen molar-refractivity contribution in [2.45, 2.75) is 107 Å². The summed E-state index contributed by atoms with van der Waals surface area (Å²) in [5, 5.41) is 11.8. The van der Waals surface area contributed by atoms with Crippen molar-refractivity contribution in [1.29, 1.82) is 0 Å². The number of aliphatic hydroxyl groups excluding tert-OH is 1. The third-order valence-corrected chi connectivity index (χ3v) is 15.4. The lowest BCUT2D eigenvalue weighted by molar-refractivity contribution is -0.141. The molecule has 3 atom stereocenters. The van der Waals surface area contributed by atoms with Crippen molar-refractivity contribution in [3.8, 4) is 11.5 Å². The van der Waals surface area contributed by atoms with Gasteiger partial charge in [0, 0.05) is 18.9 Å². The van der Waals surface area contributed by atoms with Crippen molar-refractivity contribution in [1.82, 2.24) is 0 Å². The minimum Gasteiger partial charge on any atom is -0.455 e. The Balaban J connectivity index is 2.39. The average Bonchev–Trinajstić information content (AvgIpc) is 2.80. The molecule has 2 aliphatic heterocycles. The van der Waals surface area contributed by atoms with E-state index in [1.807, 2.05) is 48.7 Å². The molecule has 0 saturated carbocycles. The van der Waals surface area contributed by atoms with E-state index in [2.05, 4.69) is 51.9 Å². The maximum Gasteiger partial charge on any atom is 0.331 e. The Morgan fingerprint density at radius 2 is 1.88 bits per heavy atom. The molecule has 1 N–H and O–H groups in total. The van der Waals surface area contributed by atoms with Gasteiger partial charge in [0.2, 0.25) is 0 Å². The van der Waals surface area contributed by atoms with E-state index in [4.69, 9.17) is 9.16 Å². The van der Waals surface area contributed by atoms with Crippen molar-refractivity contribution in [3.63, 3.8) is 0 Å². The monoisotopic (exact) mass is 540 g/mol. The lowest BCUT2D eigenvalue weighted by atomic mass is 9.93. The number of esters is 1. The number of hydrogen-bond donors (Lipinski definition) is 1. The predicted octanol–water partition coefficient (Wildman–Crippen LogP) is 6.39. The van der Waals surface area contributed by atoms with Gasteiger partial charge in [-0.15, -0.1) is 29.1 Å². The molecule has 1 fully saturated rings. The first-order chi connectivity index (χ1) is 15.9. The van der Waals surface area contributed by atoms with E-state index >= 15 is 0 Å². The molecule has 0 aromatic carbocycles. The second kappa shape index (κ2) is 12.7. The van der Waals surface area contributed by atoms with Crippen LogP contribution in [0.1, 0.15) is 47.0 Å². The SMILES string of the molecule is CC[Si](CC)(CC)O[C@](C)(C=C[C@H]1CC=CC(=O)O1)[C@H](O)CC1(C#C[Si](C)(C)C)SCCCS1. The fourth-order valence-corrected chi connectivity index (χ4v) is 11.0. The maximum atomic E-state index is 11.8. The molecule has 8 heteroatoms. The van der Waals surface area contributed by atoms with Crippen LogP contribution in [0.15, 0.2) is 24.3 Å². The summed E-state index contributed by atoms with van der Waals surface area (Å²) in [5.74, 6) is 5.43. The largest absolute Gasteiger partial charge is 0.455 e. The Hall–Kier alpha value is -0.436. The van der Waals surface area contributed by atoms with Crippen LogP contribution >= 0.6 is 23.5 Å². The molecule has 0 aliphatic carbocycles. The quantitative estimate of drug-likeness (QED) is 0.150. The van der Waals surface area contributed by atoms with Gasteiger partial charge in [0.05, 0.1) is 11.7 Å². The van der Waals surface area contributed by atoms with Gasteiger partial charge in [0.25, 0.3) is 0 Å². The Morgan fingerprint density at radius 3 is 2.41 bits per heavy atom. The van der Waals surface area contributed by atoms with Crippen LogP contribution in [0.2, 0.25) is 37.8 Å². The molecule has 0 aromatic rings. The Labute approximate surface area is 218 Å². The summed E-state index contributed by atoms with van der Waals surface area (Å²) >= 11 is 3.76. The highest BCUT2D eigenvalue weighted by molar-refractivity contribution is 8.19. The molecular formula is C26H44O4S2Si2. The van der Waals surface area contributed by atoms with Crippen molar-refractivity contribution < 1.29 is 19.1 Å². The van der Waals surface area contributed by atoms with Crippen molar-refractivity contribution in [2.75, 3.05) is 11.5 Å². The number of rotatable bonds is 10. The molecule has 1 saturated heterocycles. The number of carbonyl (C=O) groups excluding carboxylic acids is 1. The fourth-order valence-electron chi connectivity index (χ4n) is 4.15. The summed E-state index contributed by atoms with van der Waals surface area (Å²) in [5.41, 5.74) is 2.71. The van der Waals surface area contributed by atoms with E-state index in [0.29, 0.717) is 12.8 Å². The topological polar surface area (TPSA) is 55.8 Å². The molecule has 0 unspecified atom stereocenters. The van der Waals surface area contributed by atoms with E-state index in [-0.39, 0.29) is 16.2 Å². The van der Waals surface area contributed by atoms with Gasteiger partial charge < -0.3 is 14.3 Å². The number of ether oxygens (including phenoxy) is 1. The second-order valence-corrected chi connectivity index (χ2v) is 23.0.